The molecular formula is C22H29N3O4S. The van der Waals surface area contributed by atoms with Crippen molar-refractivity contribution in [2.75, 3.05) is 32.1 Å². The average Bonchev–Trinajstić information content (AvgIpc) is 3.21. The van der Waals surface area contributed by atoms with Crippen molar-refractivity contribution >= 4 is 21.6 Å². The number of benzene rings is 2. The van der Waals surface area contributed by atoms with E-state index >= 15 is 0 Å². The summed E-state index contributed by atoms with van der Waals surface area (Å²) in [4.78, 5) is 17.0. The summed E-state index contributed by atoms with van der Waals surface area (Å²) < 4.78 is 28.6. The van der Waals surface area contributed by atoms with Gasteiger partial charge in [0, 0.05) is 39.5 Å². The van der Waals surface area contributed by atoms with Crippen molar-refractivity contribution in [3.8, 4) is 0 Å². The van der Waals surface area contributed by atoms with Crippen molar-refractivity contribution in [1.29, 1.82) is 0 Å². The van der Waals surface area contributed by atoms with Crippen LogP contribution >= 0.6 is 0 Å². The lowest BCUT2D eigenvalue weighted by atomic mass is 10.1. The maximum Gasteiger partial charge on any atom is 0.238 e. The van der Waals surface area contributed by atoms with Crippen LogP contribution in [-0.2, 0) is 32.5 Å². The minimum Gasteiger partial charge on any atom is -0.378 e. The van der Waals surface area contributed by atoms with Crippen LogP contribution in [0.4, 0.5) is 5.69 Å². The maximum absolute atomic E-state index is 13.1. The monoisotopic (exact) mass is 431 g/mol. The first kappa shape index (κ1) is 22.3. The van der Waals surface area contributed by atoms with E-state index in [1.54, 1.807) is 12.1 Å². The molecule has 0 saturated carbocycles. The Kier molecular flexibility index (Phi) is 7.12. The number of nitrogens with zero attached hydrogens (tertiary/aromatic N) is 2. The van der Waals surface area contributed by atoms with Crippen LogP contribution in [0.5, 0.6) is 0 Å². The molecule has 1 unspecified atom stereocenters. The van der Waals surface area contributed by atoms with E-state index in [2.05, 4.69) is 0 Å². The molecule has 0 spiro atoms. The fraction of sp³-hybridized carbons (Fsp3) is 0.409. The number of amides is 1. The van der Waals surface area contributed by atoms with Gasteiger partial charge in [0.25, 0.3) is 0 Å². The van der Waals surface area contributed by atoms with Crippen molar-refractivity contribution in [3.63, 3.8) is 0 Å². The highest BCUT2D eigenvalue weighted by Crippen LogP contribution is 2.19. The zero-order chi connectivity index (χ0) is 21.7. The van der Waals surface area contributed by atoms with Crippen LogP contribution in [-0.4, -0.2) is 52.6 Å². The Labute approximate surface area is 178 Å². The van der Waals surface area contributed by atoms with Crippen molar-refractivity contribution in [1.82, 2.24) is 4.90 Å². The van der Waals surface area contributed by atoms with Gasteiger partial charge in [-0.2, -0.15) is 0 Å². The molecule has 2 aromatic rings. The summed E-state index contributed by atoms with van der Waals surface area (Å²) >= 11 is 0. The predicted molar refractivity (Wildman–Crippen MR) is 117 cm³/mol. The summed E-state index contributed by atoms with van der Waals surface area (Å²) in [6, 6.07) is 14.3. The Morgan fingerprint density at radius 2 is 1.70 bits per heavy atom. The van der Waals surface area contributed by atoms with Gasteiger partial charge < -0.3 is 14.5 Å². The highest BCUT2D eigenvalue weighted by molar-refractivity contribution is 7.89. The number of nitrogens with two attached hydrogens (primary N) is 1. The third-order valence-electron chi connectivity index (χ3n) is 5.23. The number of ether oxygens (including phenoxy) is 1. The first-order valence-corrected chi connectivity index (χ1v) is 11.5. The lowest BCUT2D eigenvalue weighted by Gasteiger charge is -2.26. The number of rotatable bonds is 8. The molecule has 1 aliphatic heterocycles. The topological polar surface area (TPSA) is 92.9 Å². The fourth-order valence-corrected chi connectivity index (χ4v) is 4.01. The number of hydrogen-bond donors (Lipinski definition) is 1. The van der Waals surface area contributed by atoms with Gasteiger partial charge in [0.2, 0.25) is 15.9 Å². The fourth-order valence-electron chi connectivity index (χ4n) is 3.49. The van der Waals surface area contributed by atoms with Crippen molar-refractivity contribution in [2.24, 2.45) is 5.14 Å². The van der Waals surface area contributed by atoms with Crippen LogP contribution in [0.3, 0.4) is 0 Å². The van der Waals surface area contributed by atoms with Crippen LogP contribution in [0.2, 0.25) is 0 Å². The molecule has 1 amide bonds. The molecule has 2 N–H and O–H groups in total. The molecule has 0 radical (unpaired) electrons. The zero-order valence-electron chi connectivity index (χ0n) is 17.5. The van der Waals surface area contributed by atoms with Crippen molar-refractivity contribution in [3.05, 3.63) is 59.7 Å². The minimum absolute atomic E-state index is 0.0226. The quantitative estimate of drug-likeness (QED) is 0.691. The van der Waals surface area contributed by atoms with Gasteiger partial charge in [0.1, 0.15) is 0 Å². The van der Waals surface area contributed by atoms with Gasteiger partial charge in [0.05, 0.1) is 17.4 Å². The summed E-state index contributed by atoms with van der Waals surface area (Å²) in [5, 5.41) is 5.14. The van der Waals surface area contributed by atoms with E-state index in [-0.39, 0.29) is 23.3 Å². The zero-order valence-corrected chi connectivity index (χ0v) is 18.3. The smallest absolute Gasteiger partial charge is 0.238 e. The molecule has 1 fully saturated rings. The number of carbonyl (C=O) groups excluding carboxylic acids is 1. The minimum atomic E-state index is -3.75. The Morgan fingerprint density at radius 1 is 1.07 bits per heavy atom. The van der Waals surface area contributed by atoms with E-state index in [4.69, 9.17) is 9.88 Å². The van der Waals surface area contributed by atoms with Gasteiger partial charge >= 0.3 is 0 Å². The number of sulfonamides is 1. The average molecular weight is 432 g/mol. The second-order valence-electron chi connectivity index (χ2n) is 7.84. The molecule has 1 heterocycles. The van der Waals surface area contributed by atoms with Crippen molar-refractivity contribution < 1.29 is 17.9 Å². The third kappa shape index (κ3) is 6.04. The van der Waals surface area contributed by atoms with Crippen LogP contribution < -0.4 is 10.0 Å². The SMILES string of the molecule is CN(C)c1ccc(CN(CC2CCCO2)C(=O)Cc2ccc(S(N)(=O)=O)cc2)cc1. The molecule has 30 heavy (non-hydrogen) atoms. The molecule has 0 bridgehead atoms. The number of carbonyl (C=O) groups is 1. The number of primary sulfonamides is 1. The molecule has 0 aliphatic carbocycles. The summed E-state index contributed by atoms with van der Waals surface area (Å²) in [6.45, 7) is 1.78. The lowest BCUT2D eigenvalue weighted by Crippen LogP contribution is -2.37. The molecule has 0 aromatic heterocycles. The molecule has 1 aliphatic rings. The molecule has 2 aromatic carbocycles. The molecule has 8 heteroatoms. The summed E-state index contributed by atoms with van der Waals surface area (Å²) in [5.41, 5.74) is 2.90. The van der Waals surface area contributed by atoms with Gasteiger partial charge in [-0.25, -0.2) is 13.6 Å². The highest BCUT2D eigenvalue weighted by Gasteiger charge is 2.23. The van der Waals surface area contributed by atoms with Gasteiger partial charge in [-0.15, -0.1) is 0 Å². The van der Waals surface area contributed by atoms with E-state index in [0.717, 1.165) is 36.3 Å². The largest absolute Gasteiger partial charge is 0.378 e. The van der Waals surface area contributed by atoms with Crippen LogP contribution in [0.25, 0.3) is 0 Å². The number of anilines is 1. The number of hydrogen-bond acceptors (Lipinski definition) is 5. The Bertz CT molecular complexity index is 951. The van der Waals surface area contributed by atoms with Crippen LogP contribution in [0.15, 0.2) is 53.4 Å². The molecule has 7 nitrogen and oxygen atoms in total. The molecule has 1 saturated heterocycles. The highest BCUT2D eigenvalue weighted by atomic mass is 32.2. The van der Waals surface area contributed by atoms with Gasteiger partial charge in [-0.05, 0) is 48.2 Å². The second-order valence-corrected chi connectivity index (χ2v) is 9.40. The van der Waals surface area contributed by atoms with Gasteiger partial charge in [-0.3, -0.25) is 4.79 Å². The van der Waals surface area contributed by atoms with Crippen LogP contribution in [0, 0.1) is 0 Å². The van der Waals surface area contributed by atoms with E-state index in [1.807, 2.05) is 48.2 Å². The van der Waals surface area contributed by atoms with Gasteiger partial charge in [-0.1, -0.05) is 24.3 Å². The van der Waals surface area contributed by atoms with E-state index in [9.17, 15) is 13.2 Å². The Morgan fingerprint density at radius 3 is 2.23 bits per heavy atom. The van der Waals surface area contributed by atoms with Gasteiger partial charge in [0.15, 0.2) is 0 Å². The normalized spacial score (nSPS) is 16.4. The summed E-state index contributed by atoms with van der Waals surface area (Å²) in [5.74, 6) is -0.0226. The molecule has 3 rings (SSSR count). The lowest BCUT2D eigenvalue weighted by molar-refractivity contribution is -0.132. The maximum atomic E-state index is 13.1. The standard InChI is InChI=1S/C22H29N3O4S/c1-24(2)19-9-5-18(6-10-19)15-25(16-20-4-3-13-29-20)22(26)14-17-7-11-21(12-8-17)30(23,27)28/h5-12,20H,3-4,13-16H2,1-2H3,(H2,23,27,28). The van der Waals surface area contributed by atoms with E-state index < -0.39 is 10.0 Å². The first-order valence-electron chi connectivity index (χ1n) is 10.00. The predicted octanol–water partition coefficient (Wildman–Crippen LogP) is 2.15. The summed E-state index contributed by atoms with van der Waals surface area (Å²) in [6.07, 6.45) is 2.21. The molecule has 162 valence electrons. The van der Waals surface area contributed by atoms with E-state index in [0.29, 0.717) is 13.1 Å². The Balaban J connectivity index is 1.72. The van der Waals surface area contributed by atoms with Crippen LogP contribution in [0.1, 0.15) is 24.0 Å². The Hall–Kier alpha value is -2.42. The van der Waals surface area contributed by atoms with E-state index in [1.165, 1.54) is 12.1 Å². The first-order chi connectivity index (χ1) is 14.2. The molecular weight excluding hydrogens is 402 g/mol. The van der Waals surface area contributed by atoms with Crippen molar-refractivity contribution in [2.45, 2.75) is 36.8 Å². The summed E-state index contributed by atoms with van der Waals surface area (Å²) in [7, 11) is 0.233. The third-order valence-corrected chi connectivity index (χ3v) is 6.16. The molecule has 1 atom stereocenters. The second kappa shape index (κ2) is 9.59.